The highest BCUT2D eigenvalue weighted by Crippen LogP contribution is 2.33. The fourth-order valence-electron chi connectivity index (χ4n) is 3.67. The van der Waals surface area contributed by atoms with Gasteiger partial charge in [-0.2, -0.15) is 4.98 Å². The number of nitrogens with one attached hydrogen (secondary N) is 1. The highest BCUT2D eigenvalue weighted by molar-refractivity contribution is 6.33. The Kier molecular flexibility index (Phi) is 5.76. The topological polar surface area (TPSA) is 97.3 Å². The zero-order valence-electron chi connectivity index (χ0n) is 16.3. The van der Waals surface area contributed by atoms with E-state index in [1.54, 1.807) is 18.2 Å². The Morgan fingerprint density at radius 2 is 2.03 bits per heavy atom. The molecule has 0 bridgehead atoms. The number of fused-ring (bicyclic) bond motifs is 1. The largest absolute Gasteiger partial charge is 0.494 e. The number of aliphatic carboxylic acids is 1. The summed E-state index contributed by atoms with van der Waals surface area (Å²) in [5.74, 6) is -1.13. The van der Waals surface area contributed by atoms with Crippen molar-refractivity contribution in [1.82, 2.24) is 15.0 Å². The molecule has 1 aromatic carbocycles. The smallest absolute Gasteiger partial charge is 0.306 e. The van der Waals surface area contributed by atoms with E-state index in [0.29, 0.717) is 49.2 Å². The first-order valence-electron chi connectivity index (χ1n) is 9.83. The predicted octanol–water partition coefficient (Wildman–Crippen LogP) is 4.84. The van der Waals surface area contributed by atoms with E-state index in [4.69, 9.17) is 26.2 Å². The van der Waals surface area contributed by atoms with Crippen molar-refractivity contribution in [2.45, 2.75) is 38.7 Å². The molecule has 7 nitrogen and oxygen atoms in total. The number of H-pyrrole nitrogens is 1. The van der Waals surface area contributed by atoms with Gasteiger partial charge in [-0.3, -0.25) is 4.79 Å². The lowest BCUT2D eigenvalue weighted by atomic mass is 9.87. The van der Waals surface area contributed by atoms with E-state index >= 15 is 0 Å². The third kappa shape index (κ3) is 4.18. The molecule has 2 N–H and O–H groups in total. The molecular formula is C21H21ClFN3O4. The Hall–Kier alpha value is -2.87. The molecule has 2 aromatic heterocycles. The molecule has 1 saturated carbocycles. The van der Waals surface area contributed by atoms with Gasteiger partial charge in [-0.05, 0) is 50.8 Å². The van der Waals surface area contributed by atoms with E-state index in [1.165, 1.54) is 6.07 Å². The maximum absolute atomic E-state index is 14.6. The van der Waals surface area contributed by atoms with Gasteiger partial charge in [0.25, 0.3) is 6.01 Å². The number of imidazole rings is 1. The number of pyridine rings is 1. The lowest BCUT2D eigenvalue weighted by molar-refractivity contribution is -0.143. The number of carbonyl (C=O) groups is 1. The van der Waals surface area contributed by atoms with E-state index in [2.05, 4.69) is 15.0 Å². The number of aromatic nitrogens is 3. The Morgan fingerprint density at radius 1 is 1.27 bits per heavy atom. The number of rotatable bonds is 6. The number of nitrogens with zero attached hydrogens (tertiary/aromatic N) is 2. The summed E-state index contributed by atoms with van der Waals surface area (Å²) >= 11 is 6.35. The van der Waals surface area contributed by atoms with Crippen LogP contribution in [0.2, 0.25) is 5.02 Å². The summed E-state index contributed by atoms with van der Waals surface area (Å²) < 4.78 is 25.8. The summed E-state index contributed by atoms with van der Waals surface area (Å²) in [5.41, 5.74) is 1.47. The predicted molar refractivity (Wildman–Crippen MR) is 109 cm³/mol. The summed E-state index contributed by atoms with van der Waals surface area (Å²) in [5, 5.41) is 9.38. The van der Waals surface area contributed by atoms with Crippen molar-refractivity contribution < 1.29 is 23.8 Å². The molecule has 158 valence electrons. The standard InChI is InChI=1S/C21H21ClFN3O4/c1-2-29-13-7-8-14(16(23)9-13)18-15(22)10-17-19(25-18)26-21(24-17)30-12-5-3-11(4-6-12)20(27)28/h7-12H,2-6H2,1H3,(H,27,28)(H,24,25,26). The fraction of sp³-hybridized carbons (Fsp3) is 0.381. The van der Waals surface area contributed by atoms with E-state index in [9.17, 15) is 9.18 Å². The van der Waals surface area contributed by atoms with Gasteiger partial charge in [-0.1, -0.05) is 11.6 Å². The molecule has 0 saturated heterocycles. The molecule has 30 heavy (non-hydrogen) atoms. The number of hydrogen-bond acceptors (Lipinski definition) is 5. The molecule has 1 fully saturated rings. The Labute approximate surface area is 177 Å². The molecule has 1 aliphatic rings. The highest BCUT2D eigenvalue weighted by Gasteiger charge is 2.27. The first-order valence-corrected chi connectivity index (χ1v) is 10.2. The average Bonchev–Trinajstić information content (AvgIpc) is 3.09. The summed E-state index contributed by atoms with van der Waals surface area (Å²) in [6.45, 7) is 2.27. The molecule has 0 radical (unpaired) electrons. The minimum Gasteiger partial charge on any atom is -0.494 e. The normalized spacial score (nSPS) is 19.0. The first kappa shape index (κ1) is 20.4. The second-order valence-electron chi connectivity index (χ2n) is 7.24. The SMILES string of the molecule is CCOc1ccc(-c2nc3nc(OC4CCC(C(=O)O)CC4)[nH]c3cc2Cl)c(F)c1. The van der Waals surface area contributed by atoms with Crippen molar-refractivity contribution in [2.75, 3.05) is 6.61 Å². The van der Waals surface area contributed by atoms with Crippen molar-refractivity contribution >= 4 is 28.7 Å². The van der Waals surface area contributed by atoms with E-state index < -0.39 is 11.8 Å². The van der Waals surface area contributed by atoms with Gasteiger partial charge in [0, 0.05) is 11.6 Å². The number of carboxylic acid groups (broad SMARTS) is 1. The summed E-state index contributed by atoms with van der Waals surface area (Å²) in [7, 11) is 0. The number of carboxylic acids is 1. The molecule has 0 spiro atoms. The third-order valence-corrected chi connectivity index (χ3v) is 5.50. The minimum absolute atomic E-state index is 0.111. The van der Waals surface area contributed by atoms with Crippen LogP contribution in [-0.4, -0.2) is 38.7 Å². The molecular weight excluding hydrogens is 413 g/mol. The Bertz CT molecular complexity index is 1080. The van der Waals surface area contributed by atoms with Crippen LogP contribution in [0.3, 0.4) is 0 Å². The van der Waals surface area contributed by atoms with E-state index in [0.717, 1.165) is 0 Å². The van der Waals surface area contributed by atoms with Gasteiger partial charge >= 0.3 is 5.97 Å². The Balaban J connectivity index is 1.55. The van der Waals surface area contributed by atoms with Gasteiger partial charge < -0.3 is 19.6 Å². The quantitative estimate of drug-likeness (QED) is 0.577. The second-order valence-corrected chi connectivity index (χ2v) is 7.64. The average molecular weight is 434 g/mol. The lowest BCUT2D eigenvalue weighted by Crippen LogP contribution is -2.28. The molecule has 0 unspecified atom stereocenters. The van der Waals surface area contributed by atoms with Crippen LogP contribution >= 0.6 is 11.6 Å². The van der Waals surface area contributed by atoms with Crippen molar-refractivity contribution in [2.24, 2.45) is 5.92 Å². The molecule has 1 aliphatic carbocycles. The number of halogens is 2. The molecule has 0 atom stereocenters. The van der Waals surface area contributed by atoms with Crippen molar-refractivity contribution in [1.29, 1.82) is 0 Å². The second kappa shape index (κ2) is 8.47. The van der Waals surface area contributed by atoms with Crippen molar-refractivity contribution in [3.8, 4) is 23.0 Å². The van der Waals surface area contributed by atoms with Gasteiger partial charge in [-0.15, -0.1) is 0 Å². The van der Waals surface area contributed by atoms with Gasteiger partial charge in [0.15, 0.2) is 5.65 Å². The van der Waals surface area contributed by atoms with Crippen molar-refractivity contribution in [3.05, 3.63) is 35.1 Å². The summed E-state index contributed by atoms with van der Waals surface area (Å²) in [6.07, 6.45) is 2.33. The van der Waals surface area contributed by atoms with Crippen LogP contribution in [0.25, 0.3) is 22.4 Å². The highest BCUT2D eigenvalue weighted by atomic mass is 35.5. The van der Waals surface area contributed by atoms with Crippen LogP contribution in [-0.2, 0) is 4.79 Å². The third-order valence-electron chi connectivity index (χ3n) is 5.21. The molecule has 9 heteroatoms. The maximum Gasteiger partial charge on any atom is 0.306 e. The first-order chi connectivity index (χ1) is 14.4. The number of hydrogen-bond donors (Lipinski definition) is 2. The van der Waals surface area contributed by atoms with Crippen LogP contribution in [0.1, 0.15) is 32.6 Å². The summed E-state index contributed by atoms with van der Waals surface area (Å²) in [6, 6.07) is 6.46. The molecule has 0 amide bonds. The van der Waals surface area contributed by atoms with Crippen LogP contribution in [0, 0.1) is 11.7 Å². The minimum atomic E-state index is -0.759. The van der Waals surface area contributed by atoms with E-state index in [-0.39, 0.29) is 34.3 Å². The van der Waals surface area contributed by atoms with Gasteiger partial charge in [0.2, 0.25) is 0 Å². The molecule has 3 aromatic rings. The van der Waals surface area contributed by atoms with Crippen LogP contribution < -0.4 is 9.47 Å². The van der Waals surface area contributed by atoms with Crippen LogP contribution in [0.4, 0.5) is 4.39 Å². The van der Waals surface area contributed by atoms with Gasteiger partial charge in [-0.25, -0.2) is 9.37 Å². The number of ether oxygens (including phenoxy) is 2. The Morgan fingerprint density at radius 3 is 2.70 bits per heavy atom. The zero-order valence-corrected chi connectivity index (χ0v) is 17.1. The lowest BCUT2D eigenvalue weighted by Gasteiger charge is -2.25. The van der Waals surface area contributed by atoms with Crippen LogP contribution in [0.5, 0.6) is 11.8 Å². The number of benzene rings is 1. The number of aromatic amines is 1. The van der Waals surface area contributed by atoms with Gasteiger partial charge in [0.05, 0.1) is 28.8 Å². The maximum atomic E-state index is 14.6. The monoisotopic (exact) mass is 433 g/mol. The zero-order chi connectivity index (χ0) is 21.3. The van der Waals surface area contributed by atoms with Crippen molar-refractivity contribution in [3.63, 3.8) is 0 Å². The van der Waals surface area contributed by atoms with Gasteiger partial charge in [0.1, 0.15) is 17.7 Å². The molecule has 0 aliphatic heterocycles. The molecule has 2 heterocycles. The van der Waals surface area contributed by atoms with E-state index in [1.807, 2.05) is 6.92 Å². The summed E-state index contributed by atoms with van der Waals surface area (Å²) in [4.78, 5) is 22.9. The molecule has 4 rings (SSSR count). The van der Waals surface area contributed by atoms with Crippen LogP contribution in [0.15, 0.2) is 24.3 Å². The fourth-order valence-corrected chi connectivity index (χ4v) is 3.92.